The Kier molecular flexibility index (Phi) is 6.61. The van der Waals surface area contributed by atoms with Gasteiger partial charge in [0.05, 0.1) is 12.7 Å². The van der Waals surface area contributed by atoms with E-state index in [9.17, 15) is 8.42 Å². The molecule has 0 saturated carbocycles. The minimum atomic E-state index is -3.78. The highest BCUT2D eigenvalue weighted by molar-refractivity contribution is 7.89. The van der Waals surface area contributed by atoms with Gasteiger partial charge < -0.3 is 10.5 Å². The van der Waals surface area contributed by atoms with E-state index in [1.807, 2.05) is 13.0 Å². The fourth-order valence-electron chi connectivity index (χ4n) is 1.82. The van der Waals surface area contributed by atoms with Crippen molar-refractivity contribution < 1.29 is 13.2 Å². The molecule has 118 valence electrons. The molecule has 21 heavy (non-hydrogen) atoms. The third-order valence-electron chi connectivity index (χ3n) is 2.84. The number of aryl methyl sites for hydroxylation is 1. The summed E-state index contributed by atoms with van der Waals surface area (Å²) < 4.78 is 32.8. The Morgan fingerprint density at radius 3 is 2.81 bits per heavy atom. The first-order valence-electron chi connectivity index (χ1n) is 6.66. The van der Waals surface area contributed by atoms with E-state index in [-0.39, 0.29) is 36.8 Å². The molecular formula is C12H21N5O3S. The van der Waals surface area contributed by atoms with Crippen LogP contribution in [0.2, 0.25) is 0 Å². The Morgan fingerprint density at radius 1 is 1.52 bits per heavy atom. The first-order valence-corrected chi connectivity index (χ1v) is 8.10. The third-order valence-corrected chi connectivity index (χ3v) is 4.76. The number of nitrogens with zero attached hydrogens (tertiary/aromatic N) is 4. The first-order chi connectivity index (χ1) is 9.97. The van der Waals surface area contributed by atoms with Crippen LogP contribution in [-0.2, 0) is 21.3 Å². The summed E-state index contributed by atoms with van der Waals surface area (Å²) >= 11 is 0. The zero-order valence-electron chi connectivity index (χ0n) is 12.3. The summed E-state index contributed by atoms with van der Waals surface area (Å²) in [5.74, 6) is -0.0252. The fraction of sp³-hybridized carbons (Fsp3) is 0.667. The monoisotopic (exact) mass is 315 g/mol. The summed E-state index contributed by atoms with van der Waals surface area (Å²) in [6, 6.07) is 1.94. The molecule has 1 heterocycles. The van der Waals surface area contributed by atoms with Gasteiger partial charge in [-0.3, -0.25) is 4.68 Å². The molecule has 0 saturated heterocycles. The maximum absolute atomic E-state index is 12.6. The van der Waals surface area contributed by atoms with Gasteiger partial charge in [-0.1, -0.05) is 6.92 Å². The van der Waals surface area contributed by atoms with Crippen LogP contribution in [0.3, 0.4) is 0 Å². The molecule has 2 N–H and O–H groups in total. The zero-order valence-corrected chi connectivity index (χ0v) is 13.1. The standard InChI is InChI=1S/C12H21N5O3S/c1-3-6-16-10-11(12(14)15-16)21(18,19)17(7-4-5-13)8-9-20-2/h10H,3-4,6-9H2,1-2H3,(H2,14,15). The lowest BCUT2D eigenvalue weighted by Crippen LogP contribution is -2.35. The molecule has 0 aromatic carbocycles. The second kappa shape index (κ2) is 7.97. The highest BCUT2D eigenvalue weighted by atomic mass is 32.2. The van der Waals surface area contributed by atoms with Crippen LogP contribution in [0.5, 0.6) is 0 Å². The molecule has 9 heteroatoms. The molecule has 1 rings (SSSR count). The van der Waals surface area contributed by atoms with Crippen molar-refractivity contribution in [3.8, 4) is 6.07 Å². The molecule has 0 amide bonds. The number of aromatic nitrogens is 2. The number of nitrogens with two attached hydrogens (primary N) is 1. The van der Waals surface area contributed by atoms with E-state index >= 15 is 0 Å². The summed E-state index contributed by atoms with van der Waals surface area (Å²) in [4.78, 5) is -0.0232. The van der Waals surface area contributed by atoms with E-state index in [4.69, 9.17) is 15.7 Å². The Morgan fingerprint density at radius 2 is 2.24 bits per heavy atom. The molecular weight excluding hydrogens is 294 g/mol. The fourth-order valence-corrected chi connectivity index (χ4v) is 3.30. The van der Waals surface area contributed by atoms with Crippen molar-refractivity contribution in [2.24, 2.45) is 0 Å². The van der Waals surface area contributed by atoms with Crippen molar-refractivity contribution in [3.05, 3.63) is 6.20 Å². The predicted octanol–water partition coefficient (Wildman–Crippen LogP) is 0.426. The summed E-state index contributed by atoms with van der Waals surface area (Å²) in [6.45, 7) is 3.06. The Bertz CT molecular complexity index is 591. The highest BCUT2D eigenvalue weighted by Gasteiger charge is 2.28. The molecule has 1 aromatic rings. The smallest absolute Gasteiger partial charge is 0.248 e. The summed E-state index contributed by atoms with van der Waals surface area (Å²) in [5.41, 5.74) is 5.72. The van der Waals surface area contributed by atoms with Gasteiger partial charge in [0.25, 0.3) is 0 Å². The van der Waals surface area contributed by atoms with E-state index in [1.54, 1.807) is 0 Å². The number of sulfonamides is 1. The summed E-state index contributed by atoms with van der Waals surface area (Å²) in [5, 5.41) is 12.7. The topological polar surface area (TPSA) is 114 Å². The van der Waals surface area contributed by atoms with Gasteiger partial charge in [-0.25, -0.2) is 8.42 Å². The largest absolute Gasteiger partial charge is 0.383 e. The second-order valence-electron chi connectivity index (χ2n) is 4.45. The number of nitriles is 1. The molecule has 0 fully saturated rings. The molecule has 0 aliphatic rings. The maximum atomic E-state index is 12.6. The molecule has 0 spiro atoms. The molecule has 0 bridgehead atoms. The minimum Gasteiger partial charge on any atom is -0.383 e. The molecule has 0 radical (unpaired) electrons. The van der Waals surface area contributed by atoms with E-state index < -0.39 is 10.0 Å². The van der Waals surface area contributed by atoms with Crippen molar-refractivity contribution in [3.63, 3.8) is 0 Å². The van der Waals surface area contributed by atoms with Crippen molar-refractivity contribution in [1.29, 1.82) is 5.26 Å². The number of nitrogen functional groups attached to an aromatic ring is 1. The molecule has 0 atom stereocenters. The number of hydrogen-bond acceptors (Lipinski definition) is 6. The number of rotatable bonds is 9. The summed E-state index contributed by atoms with van der Waals surface area (Å²) in [7, 11) is -2.29. The van der Waals surface area contributed by atoms with Crippen molar-refractivity contribution in [1.82, 2.24) is 14.1 Å². The Hall–Kier alpha value is -1.63. The average molecular weight is 315 g/mol. The van der Waals surface area contributed by atoms with Gasteiger partial charge in [0, 0.05) is 39.4 Å². The van der Waals surface area contributed by atoms with E-state index in [0.717, 1.165) is 6.42 Å². The van der Waals surface area contributed by atoms with Crippen LogP contribution in [0.4, 0.5) is 5.82 Å². The number of hydrogen-bond donors (Lipinski definition) is 1. The van der Waals surface area contributed by atoms with Crippen LogP contribution in [0.25, 0.3) is 0 Å². The lowest BCUT2D eigenvalue weighted by Gasteiger charge is -2.20. The third kappa shape index (κ3) is 4.42. The van der Waals surface area contributed by atoms with Crippen molar-refractivity contribution in [2.75, 3.05) is 32.5 Å². The van der Waals surface area contributed by atoms with Gasteiger partial charge in [-0.2, -0.15) is 14.7 Å². The van der Waals surface area contributed by atoms with E-state index in [2.05, 4.69) is 5.10 Å². The quantitative estimate of drug-likeness (QED) is 0.706. The van der Waals surface area contributed by atoms with Crippen molar-refractivity contribution >= 4 is 15.8 Å². The highest BCUT2D eigenvalue weighted by Crippen LogP contribution is 2.21. The first kappa shape index (κ1) is 17.4. The van der Waals surface area contributed by atoms with Gasteiger partial charge in [-0.05, 0) is 6.42 Å². The lowest BCUT2D eigenvalue weighted by atomic mass is 10.4. The van der Waals surface area contributed by atoms with E-state index in [0.29, 0.717) is 6.54 Å². The maximum Gasteiger partial charge on any atom is 0.248 e. The van der Waals surface area contributed by atoms with Crippen LogP contribution in [0.15, 0.2) is 11.1 Å². The molecule has 8 nitrogen and oxygen atoms in total. The van der Waals surface area contributed by atoms with Gasteiger partial charge >= 0.3 is 0 Å². The predicted molar refractivity (Wildman–Crippen MR) is 77.8 cm³/mol. The van der Waals surface area contributed by atoms with Crippen LogP contribution < -0.4 is 5.73 Å². The lowest BCUT2D eigenvalue weighted by molar-refractivity contribution is 0.179. The minimum absolute atomic E-state index is 0.0232. The number of methoxy groups -OCH3 is 1. The molecule has 0 aliphatic carbocycles. The summed E-state index contributed by atoms with van der Waals surface area (Å²) in [6.07, 6.45) is 2.36. The Labute approximate surface area is 125 Å². The van der Waals surface area contributed by atoms with Gasteiger partial charge in [-0.15, -0.1) is 0 Å². The normalized spacial score (nSPS) is 11.7. The zero-order chi connectivity index (χ0) is 15.9. The van der Waals surface area contributed by atoms with Gasteiger partial charge in [0.1, 0.15) is 4.90 Å². The molecule has 1 aromatic heterocycles. The molecule has 0 aliphatic heterocycles. The van der Waals surface area contributed by atoms with Crippen LogP contribution in [0, 0.1) is 11.3 Å². The van der Waals surface area contributed by atoms with Crippen LogP contribution in [0.1, 0.15) is 19.8 Å². The van der Waals surface area contributed by atoms with E-state index in [1.165, 1.54) is 22.3 Å². The van der Waals surface area contributed by atoms with Crippen LogP contribution >= 0.6 is 0 Å². The Balaban J connectivity index is 3.06. The van der Waals surface area contributed by atoms with Gasteiger partial charge in [0.2, 0.25) is 10.0 Å². The SMILES string of the molecule is CCCn1cc(S(=O)(=O)N(CCC#N)CCOC)c(N)n1. The average Bonchev–Trinajstić information content (AvgIpc) is 2.80. The number of anilines is 1. The van der Waals surface area contributed by atoms with Crippen LogP contribution in [-0.4, -0.2) is 49.3 Å². The van der Waals surface area contributed by atoms with Crippen molar-refractivity contribution in [2.45, 2.75) is 31.2 Å². The molecule has 0 unspecified atom stereocenters. The number of ether oxygens (including phenoxy) is 1. The second-order valence-corrected chi connectivity index (χ2v) is 6.35. The van der Waals surface area contributed by atoms with Gasteiger partial charge in [0.15, 0.2) is 5.82 Å².